The third kappa shape index (κ3) is 3.65. The number of nitrogens with zero attached hydrogens (tertiary/aromatic N) is 2. The highest BCUT2D eigenvalue weighted by Crippen LogP contribution is 1.94. The number of rotatable bonds is 2. The smallest absolute Gasteiger partial charge is 0.113 e. The predicted octanol–water partition coefficient (Wildman–Crippen LogP) is 0.728. The molecule has 0 spiro atoms. The largest absolute Gasteiger partial charge is 0.314 e. The van der Waals surface area contributed by atoms with Crippen LogP contribution in [0.15, 0.2) is 24.4 Å². The Morgan fingerprint density at radius 1 is 1.31 bits per heavy atom. The SMILES string of the molecule is C(#Cc1ccccn1)CCN1CCNCC1. The van der Waals surface area contributed by atoms with Crippen LogP contribution in [0.3, 0.4) is 0 Å². The summed E-state index contributed by atoms with van der Waals surface area (Å²) >= 11 is 0. The Hall–Kier alpha value is -1.37. The van der Waals surface area contributed by atoms with E-state index in [-0.39, 0.29) is 0 Å². The number of hydrogen-bond acceptors (Lipinski definition) is 3. The van der Waals surface area contributed by atoms with Crippen LogP contribution in [0.5, 0.6) is 0 Å². The van der Waals surface area contributed by atoms with Crippen molar-refractivity contribution in [3.05, 3.63) is 30.1 Å². The van der Waals surface area contributed by atoms with Crippen molar-refractivity contribution in [2.24, 2.45) is 0 Å². The standard InChI is InChI=1S/C13H17N3/c1-3-7-15-13(5-1)6-2-4-10-16-11-8-14-9-12-16/h1,3,5,7,14H,4,8-12H2. The summed E-state index contributed by atoms with van der Waals surface area (Å²) in [6, 6.07) is 5.82. The summed E-state index contributed by atoms with van der Waals surface area (Å²) in [5, 5.41) is 3.34. The van der Waals surface area contributed by atoms with Crippen LogP contribution in [0.25, 0.3) is 0 Å². The maximum atomic E-state index is 4.17. The minimum absolute atomic E-state index is 0.864. The molecule has 1 aliphatic heterocycles. The van der Waals surface area contributed by atoms with E-state index in [0.717, 1.165) is 44.8 Å². The molecule has 1 saturated heterocycles. The van der Waals surface area contributed by atoms with Crippen molar-refractivity contribution in [2.45, 2.75) is 6.42 Å². The number of pyridine rings is 1. The van der Waals surface area contributed by atoms with Gasteiger partial charge in [0.15, 0.2) is 0 Å². The van der Waals surface area contributed by atoms with Crippen LogP contribution in [-0.2, 0) is 0 Å². The minimum atomic E-state index is 0.864. The van der Waals surface area contributed by atoms with Crippen LogP contribution in [0.2, 0.25) is 0 Å². The Bertz CT molecular complexity index is 358. The average Bonchev–Trinajstić information content (AvgIpc) is 2.37. The van der Waals surface area contributed by atoms with E-state index < -0.39 is 0 Å². The maximum absolute atomic E-state index is 4.17. The zero-order valence-electron chi connectivity index (χ0n) is 9.45. The van der Waals surface area contributed by atoms with Crippen LogP contribution in [0.1, 0.15) is 12.1 Å². The normalized spacial score (nSPS) is 16.5. The Labute approximate surface area is 96.9 Å². The fourth-order valence-corrected chi connectivity index (χ4v) is 1.74. The molecule has 0 saturated carbocycles. The van der Waals surface area contributed by atoms with Crippen LogP contribution >= 0.6 is 0 Å². The van der Waals surface area contributed by atoms with Gasteiger partial charge in [0.05, 0.1) is 0 Å². The van der Waals surface area contributed by atoms with Crippen molar-refractivity contribution in [3.63, 3.8) is 0 Å². The molecule has 0 amide bonds. The molecular formula is C13H17N3. The first kappa shape index (κ1) is 11.1. The van der Waals surface area contributed by atoms with Crippen LogP contribution in [0.4, 0.5) is 0 Å². The molecule has 0 aromatic carbocycles. The molecule has 16 heavy (non-hydrogen) atoms. The lowest BCUT2D eigenvalue weighted by Crippen LogP contribution is -2.43. The van der Waals surface area contributed by atoms with Gasteiger partial charge >= 0.3 is 0 Å². The lowest BCUT2D eigenvalue weighted by atomic mass is 10.3. The molecule has 0 unspecified atom stereocenters. The van der Waals surface area contributed by atoms with E-state index in [1.54, 1.807) is 6.20 Å². The molecule has 1 aliphatic rings. The van der Waals surface area contributed by atoms with Crippen LogP contribution < -0.4 is 5.32 Å². The topological polar surface area (TPSA) is 28.2 Å². The first-order chi connectivity index (χ1) is 7.95. The van der Waals surface area contributed by atoms with Crippen molar-refractivity contribution in [3.8, 4) is 11.8 Å². The maximum Gasteiger partial charge on any atom is 0.113 e. The van der Waals surface area contributed by atoms with E-state index in [9.17, 15) is 0 Å². The zero-order chi connectivity index (χ0) is 11.1. The zero-order valence-corrected chi connectivity index (χ0v) is 9.45. The number of aromatic nitrogens is 1. The fraction of sp³-hybridized carbons (Fsp3) is 0.462. The van der Waals surface area contributed by atoms with Crippen molar-refractivity contribution in [1.82, 2.24) is 15.2 Å². The van der Waals surface area contributed by atoms with Gasteiger partial charge in [0.25, 0.3) is 0 Å². The third-order valence-electron chi connectivity index (χ3n) is 2.64. The molecule has 2 heterocycles. The number of piperazine rings is 1. The molecule has 0 bridgehead atoms. The molecular weight excluding hydrogens is 198 g/mol. The number of nitrogens with one attached hydrogen (secondary N) is 1. The van der Waals surface area contributed by atoms with E-state index in [4.69, 9.17) is 0 Å². The van der Waals surface area contributed by atoms with Crippen molar-refractivity contribution in [1.29, 1.82) is 0 Å². The first-order valence-corrected chi connectivity index (χ1v) is 5.78. The van der Waals surface area contributed by atoms with Crippen LogP contribution in [0, 0.1) is 11.8 Å². The summed E-state index contributed by atoms with van der Waals surface area (Å²) in [5.74, 6) is 6.26. The monoisotopic (exact) mass is 215 g/mol. The van der Waals surface area contributed by atoms with Gasteiger partial charge in [-0.15, -0.1) is 0 Å². The van der Waals surface area contributed by atoms with Gasteiger partial charge in [-0.2, -0.15) is 0 Å². The quantitative estimate of drug-likeness (QED) is 0.737. The molecule has 84 valence electrons. The van der Waals surface area contributed by atoms with Gasteiger partial charge in [0, 0.05) is 45.3 Å². The molecule has 2 rings (SSSR count). The van der Waals surface area contributed by atoms with Gasteiger partial charge in [-0.25, -0.2) is 4.98 Å². The minimum Gasteiger partial charge on any atom is -0.314 e. The van der Waals surface area contributed by atoms with E-state index in [1.807, 2.05) is 18.2 Å². The van der Waals surface area contributed by atoms with Gasteiger partial charge in [-0.05, 0) is 18.1 Å². The second-order valence-electron chi connectivity index (χ2n) is 3.86. The second-order valence-corrected chi connectivity index (χ2v) is 3.86. The van der Waals surface area contributed by atoms with E-state index >= 15 is 0 Å². The Kier molecular flexibility index (Phi) is 4.36. The molecule has 3 heteroatoms. The predicted molar refractivity (Wildman–Crippen MR) is 65.0 cm³/mol. The van der Waals surface area contributed by atoms with Gasteiger partial charge in [0.1, 0.15) is 5.69 Å². The second kappa shape index (κ2) is 6.26. The van der Waals surface area contributed by atoms with Crippen LogP contribution in [-0.4, -0.2) is 42.6 Å². The van der Waals surface area contributed by atoms with Gasteiger partial charge in [-0.1, -0.05) is 12.0 Å². The molecule has 1 fully saturated rings. The molecule has 3 nitrogen and oxygen atoms in total. The summed E-state index contributed by atoms with van der Waals surface area (Å²) in [4.78, 5) is 6.61. The van der Waals surface area contributed by atoms with E-state index in [0.29, 0.717) is 0 Å². The molecule has 0 radical (unpaired) electrons. The first-order valence-electron chi connectivity index (χ1n) is 5.78. The van der Waals surface area contributed by atoms with Crippen molar-refractivity contribution < 1.29 is 0 Å². The highest BCUT2D eigenvalue weighted by Gasteiger charge is 2.07. The molecule has 1 aromatic heterocycles. The Morgan fingerprint density at radius 2 is 2.19 bits per heavy atom. The summed E-state index contributed by atoms with van der Waals surface area (Å²) in [6.07, 6.45) is 2.71. The van der Waals surface area contributed by atoms with E-state index in [2.05, 4.69) is 27.0 Å². The third-order valence-corrected chi connectivity index (χ3v) is 2.64. The lowest BCUT2D eigenvalue weighted by molar-refractivity contribution is 0.246. The van der Waals surface area contributed by atoms with Gasteiger partial charge in [-0.3, -0.25) is 4.90 Å². The highest BCUT2D eigenvalue weighted by atomic mass is 15.2. The number of hydrogen-bond donors (Lipinski definition) is 1. The summed E-state index contributed by atoms with van der Waals surface area (Å²) in [5.41, 5.74) is 0.864. The van der Waals surface area contributed by atoms with Crippen molar-refractivity contribution >= 4 is 0 Å². The van der Waals surface area contributed by atoms with Gasteiger partial charge < -0.3 is 5.32 Å². The van der Waals surface area contributed by atoms with Crippen molar-refractivity contribution in [2.75, 3.05) is 32.7 Å². The lowest BCUT2D eigenvalue weighted by Gasteiger charge is -2.26. The Balaban J connectivity index is 1.73. The molecule has 1 N–H and O–H groups in total. The van der Waals surface area contributed by atoms with E-state index in [1.165, 1.54) is 0 Å². The fourth-order valence-electron chi connectivity index (χ4n) is 1.74. The molecule has 0 atom stereocenters. The summed E-state index contributed by atoms with van der Waals surface area (Å²) < 4.78 is 0. The average molecular weight is 215 g/mol. The summed E-state index contributed by atoms with van der Waals surface area (Å²) in [6.45, 7) is 5.57. The Morgan fingerprint density at radius 3 is 2.94 bits per heavy atom. The van der Waals surface area contributed by atoms with Gasteiger partial charge in [0.2, 0.25) is 0 Å². The highest BCUT2D eigenvalue weighted by molar-refractivity contribution is 5.26. The molecule has 1 aromatic rings. The summed E-state index contributed by atoms with van der Waals surface area (Å²) in [7, 11) is 0. The molecule has 0 aliphatic carbocycles.